The Morgan fingerprint density at radius 2 is 1.95 bits per heavy atom. The third kappa shape index (κ3) is 4.00. The minimum absolute atomic E-state index is 0.0675. The van der Waals surface area contributed by atoms with Crippen molar-refractivity contribution in [3.63, 3.8) is 0 Å². The first-order chi connectivity index (χ1) is 9.27. The molecule has 0 aliphatic rings. The molecule has 0 aliphatic carbocycles. The van der Waals surface area contributed by atoms with E-state index in [0.717, 1.165) is 4.57 Å². The zero-order valence-corrected chi connectivity index (χ0v) is 11.5. The lowest BCUT2D eigenvalue weighted by molar-refractivity contribution is -0.140. The van der Waals surface area contributed by atoms with Crippen LogP contribution in [0.15, 0.2) is 18.3 Å². The molecule has 1 aromatic heterocycles. The second-order valence-electron chi connectivity index (χ2n) is 4.74. The van der Waals surface area contributed by atoms with E-state index in [1.807, 2.05) is 0 Å². The molecule has 0 bridgehead atoms. The van der Waals surface area contributed by atoms with Gasteiger partial charge in [0.05, 0.1) is 12.1 Å². The van der Waals surface area contributed by atoms with Crippen LogP contribution < -0.4 is 5.32 Å². The number of hydrogen-bond acceptors (Lipinski definition) is 2. The van der Waals surface area contributed by atoms with Crippen LogP contribution >= 0.6 is 0 Å². The number of carbonyl (C=O) groups excluding carboxylic acids is 1. The number of hydrogen-bond donors (Lipinski definition) is 2. The Kier molecular flexibility index (Phi) is 5.21. The number of aliphatic hydroxyl groups excluding tert-OH is 1. The van der Waals surface area contributed by atoms with Gasteiger partial charge in [0.25, 0.3) is 5.91 Å². The largest absolute Gasteiger partial charge is 0.406 e. The van der Waals surface area contributed by atoms with E-state index in [4.69, 9.17) is 0 Å². The Hall–Kier alpha value is -1.50. The quantitative estimate of drug-likeness (QED) is 0.845. The number of nitrogens with zero attached hydrogens (tertiary/aromatic N) is 1. The first-order valence-corrected chi connectivity index (χ1v) is 6.42. The molecule has 0 aliphatic heterocycles. The molecule has 1 aromatic rings. The van der Waals surface area contributed by atoms with Gasteiger partial charge in [0, 0.05) is 6.20 Å². The zero-order chi connectivity index (χ0) is 15.4. The standard InChI is InChI=1S/C13H19F3N2O2/c1-3-12(4-2,9-19)17-11(20)10-6-5-7-18(10)8-13(14,15)16/h5-7,19H,3-4,8-9H2,1-2H3,(H,17,20). The van der Waals surface area contributed by atoms with E-state index >= 15 is 0 Å². The topological polar surface area (TPSA) is 54.3 Å². The molecule has 0 atom stereocenters. The molecule has 0 radical (unpaired) electrons. The smallest absolute Gasteiger partial charge is 0.394 e. The van der Waals surface area contributed by atoms with Gasteiger partial charge in [-0.2, -0.15) is 13.2 Å². The van der Waals surface area contributed by atoms with Crippen LogP contribution in [0.3, 0.4) is 0 Å². The molecule has 1 amide bonds. The Morgan fingerprint density at radius 3 is 2.40 bits per heavy atom. The lowest BCUT2D eigenvalue weighted by Crippen LogP contribution is -2.51. The van der Waals surface area contributed by atoms with E-state index in [0.29, 0.717) is 12.8 Å². The number of alkyl halides is 3. The fourth-order valence-corrected chi connectivity index (χ4v) is 1.95. The van der Waals surface area contributed by atoms with E-state index in [1.165, 1.54) is 18.3 Å². The average molecular weight is 292 g/mol. The summed E-state index contributed by atoms with van der Waals surface area (Å²) in [5.74, 6) is -0.614. The summed E-state index contributed by atoms with van der Waals surface area (Å²) in [5.41, 5.74) is -0.869. The SMILES string of the molecule is CCC(CC)(CO)NC(=O)c1cccn1CC(F)(F)F. The monoisotopic (exact) mass is 292 g/mol. The summed E-state index contributed by atoms with van der Waals surface area (Å²) < 4.78 is 38.1. The van der Waals surface area contributed by atoms with Crippen LogP contribution in [-0.2, 0) is 6.54 Å². The summed E-state index contributed by atoms with van der Waals surface area (Å²) in [7, 11) is 0. The summed E-state index contributed by atoms with van der Waals surface area (Å²) in [6, 6.07) is 2.72. The number of rotatable bonds is 6. The highest BCUT2D eigenvalue weighted by molar-refractivity contribution is 5.93. The molecule has 0 fully saturated rings. The van der Waals surface area contributed by atoms with Crippen molar-refractivity contribution < 1.29 is 23.1 Å². The molecule has 0 spiro atoms. The second-order valence-corrected chi connectivity index (χ2v) is 4.74. The Balaban J connectivity index is 2.91. The Morgan fingerprint density at radius 1 is 1.35 bits per heavy atom. The molecule has 114 valence electrons. The molecule has 0 saturated heterocycles. The molecule has 1 rings (SSSR count). The van der Waals surface area contributed by atoms with Crippen LogP contribution in [0, 0.1) is 0 Å². The van der Waals surface area contributed by atoms with Crippen LogP contribution in [0.4, 0.5) is 13.2 Å². The highest BCUT2D eigenvalue weighted by Crippen LogP contribution is 2.20. The van der Waals surface area contributed by atoms with Gasteiger partial charge in [0.2, 0.25) is 0 Å². The zero-order valence-electron chi connectivity index (χ0n) is 11.5. The van der Waals surface area contributed by atoms with Gasteiger partial charge in [-0.3, -0.25) is 4.79 Å². The number of carbonyl (C=O) groups is 1. The number of halogens is 3. The van der Waals surface area contributed by atoms with Gasteiger partial charge >= 0.3 is 6.18 Å². The summed E-state index contributed by atoms with van der Waals surface area (Å²) >= 11 is 0. The van der Waals surface area contributed by atoms with Gasteiger partial charge in [0.15, 0.2) is 0 Å². The van der Waals surface area contributed by atoms with E-state index < -0.39 is 24.2 Å². The molecule has 2 N–H and O–H groups in total. The first-order valence-electron chi connectivity index (χ1n) is 6.42. The molecule has 4 nitrogen and oxygen atoms in total. The van der Waals surface area contributed by atoms with Crippen LogP contribution in [0.2, 0.25) is 0 Å². The minimum Gasteiger partial charge on any atom is -0.394 e. The lowest BCUT2D eigenvalue weighted by atomic mass is 9.93. The van der Waals surface area contributed by atoms with Crippen LogP contribution in [0.1, 0.15) is 37.2 Å². The average Bonchev–Trinajstić information content (AvgIpc) is 2.82. The van der Waals surface area contributed by atoms with Crippen LogP contribution in [-0.4, -0.2) is 33.9 Å². The van der Waals surface area contributed by atoms with Crippen LogP contribution in [0.25, 0.3) is 0 Å². The highest BCUT2D eigenvalue weighted by Gasteiger charge is 2.32. The fraction of sp³-hybridized carbons (Fsp3) is 0.615. The predicted octanol–water partition coefficient (Wildman–Crippen LogP) is 2.33. The van der Waals surface area contributed by atoms with Crippen molar-refractivity contribution in [2.24, 2.45) is 0 Å². The molecule has 0 unspecified atom stereocenters. The maximum absolute atomic E-state index is 12.4. The summed E-state index contributed by atoms with van der Waals surface area (Å²) in [5, 5.41) is 12.0. The number of nitrogens with one attached hydrogen (secondary N) is 1. The van der Waals surface area contributed by atoms with Gasteiger partial charge in [0.1, 0.15) is 12.2 Å². The third-order valence-corrected chi connectivity index (χ3v) is 3.45. The van der Waals surface area contributed by atoms with E-state index in [-0.39, 0.29) is 12.3 Å². The third-order valence-electron chi connectivity index (χ3n) is 3.45. The van der Waals surface area contributed by atoms with Crippen molar-refractivity contribution in [3.8, 4) is 0 Å². The molecular formula is C13H19F3N2O2. The second kappa shape index (κ2) is 6.30. The van der Waals surface area contributed by atoms with E-state index in [2.05, 4.69) is 5.32 Å². The normalized spacial score (nSPS) is 12.5. The number of aromatic nitrogens is 1. The van der Waals surface area contributed by atoms with Gasteiger partial charge < -0.3 is 15.0 Å². The predicted molar refractivity (Wildman–Crippen MR) is 68.4 cm³/mol. The number of aliphatic hydroxyl groups is 1. The maximum Gasteiger partial charge on any atom is 0.406 e. The molecule has 1 heterocycles. The lowest BCUT2D eigenvalue weighted by Gasteiger charge is -2.30. The van der Waals surface area contributed by atoms with Gasteiger partial charge in [-0.1, -0.05) is 13.8 Å². The van der Waals surface area contributed by atoms with Crippen molar-refractivity contribution in [3.05, 3.63) is 24.0 Å². The highest BCUT2D eigenvalue weighted by atomic mass is 19.4. The fourth-order valence-electron chi connectivity index (χ4n) is 1.95. The summed E-state index contributed by atoms with van der Waals surface area (Å²) in [6.07, 6.45) is -2.20. The minimum atomic E-state index is -4.39. The van der Waals surface area contributed by atoms with Gasteiger partial charge in [-0.25, -0.2) is 0 Å². The Bertz CT molecular complexity index is 442. The molecular weight excluding hydrogens is 273 g/mol. The van der Waals surface area contributed by atoms with Crippen molar-refractivity contribution in [2.75, 3.05) is 6.61 Å². The Labute approximate surface area is 115 Å². The molecule has 0 saturated carbocycles. The van der Waals surface area contributed by atoms with Gasteiger partial charge in [-0.15, -0.1) is 0 Å². The maximum atomic E-state index is 12.4. The molecule has 0 aromatic carbocycles. The summed E-state index contributed by atoms with van der Waals surface area (Å²) in [4.78, 5) is 12.1. The van der Waals surface area contributed by atoms with Gasteiger partial charge in [-0.05, 0) is 25.0 Å². The van der Waals surface area contributed by atoms with Crippen molar-refractivity contribution >= 4 is 5.91 Å². The van der Waals surface area contributed by atoms with E-state index in [9.17, 15) is 23.1 Å². The number of amides is 1. The van der Waals surface area contributed by atoms with Crippen molar-refractivity contribution in [2.45, 2.75) is 44.9 Å². The van der Waals surface area contributed by atoms with E-state index in [1.54, 1.807) is 13.8 Å². The van der Waals surface area contributed by atoms with Crippen LogP contribution in [0.5, 0.6) is 0 Å². The summed E-state index contributed by atoms with van der Waals surface area (Å²) in [6.45, 7) is 2.13. The molecule has 20 heavy (non-hydrogen) atoms. The van der Waals surface area contributed by atoms with Crippen molar-refractivity contribution in [1.29, 1.82) is 0 Å². The molecule has 7 heteroatoms. The first kappa shape index (κ1) is 16.6. The van der Waals surface area contributed by atoms with Crippen molar-refractivity contribution in [1.82, 2.24) is 9.88 Å².